The SMILES string of the molecule is COc1cc(C)ccc1-c1cc(Nc2cc(CS(C)(=N)=O)ccn2)ncc1F. The van der Waals surface area contributed by atoms with Crippen molar-refractivity contribution < 1.29 is 13.3 Å². The molecule has 3 rings (SSSR count). The lowest BCUT2D eigenvalue weighted by Crippen LogP contribution is -2.02. The Bertz CT molecular complexity index is 1120. The summed E-state index contributed by atoms with van der Waals surface area (Å²) < 4.78 is 39.1. The molecule has 0 amide bonds. The molecule has 6 nitrogen and oxygen atoms in total. The molecule has 1 atom stereocenters. The number of benzene rings is 1. The standard InChI is InChI=1S/C20H21FN4O2S/c1-13-4-5-15(18(8-13)27-2)16-10-20(24-11-17(16)21)25-19-9-14(6-7-23-19)12-28(3,22)26/h4-11,22H,12H2,1-3H3,(H,23,24,25). The van der Waals surface area contributed by atoms with Crippen molar-refractivity contribution in [2.75, 3.05) is 18.7 Å². The normalized spacial score (nSPS) is 13.0. The van der Waals surface area contributed by atoms with Crippen LogP contribution < -0.4 is 10.1 Å². The van der Waals surface area contributed by atoms with Crippen LogP contribution in [0.2, 0.25) is 0 Å². The smallest absolute Gasteiger partial charge is 0.149 e. The molecule has 0 aliphatic heterocycles. The van der Waals surface area contributed by atoms with Crippen LogP contribution in [0.1, 0.15) is 11.1 Å². The van der Waals surface area contributed by atoms with Crippen molar-refractivity contribution in [3.05, 3.63) is 65.7 Å². The van der Waals surface area contributed by atoms with E-state index in [1.54, 1.807) is 37.6 Å². The van der Waals surface area contributed by atoms with Crippen molar-refractivity contribution in [1.29, 1.82) is 4.78 Å². The van der Waals surface area contributed by atoms with Gasteiger partial charge in [-0.1, -0.05) is 12.1 Å². The fourth-order valence-corrected chi connectivity index (χ4v) is 3.63. The van der Waals surface area contributed by atoms with E-state index in [1.807, 2.05) is 19.1 Å². The molecule has 0 saturated heterocycles. The van der Waals surface area contributed by atoms with Gasteiger partial charge in [-0.05, 0) is 42.3 Å². The number of hydrogen-bond acceptors (Lipinski definition) is 6. The van der Waals surface area contributed by atoms with Crippen LogP contribution >= 0.6 is 0 Å². The third-order valence-electron chi connectivity index (χ3n) is 4.03. The maximum Gasteiger partial charge on any atom is 0.149 e. The number of halogens is 1. The van der Waals surface area contributed by atoms with Crippen molar-refractivity contribution in [3.8, 4) is 16.9 Å². The van der Waals surface area contributed by atoms with Crippen LogP contribution in [0.25, 0.3) is 11.1 Å². The molecular weight excluding hydrogens is 379 g/mol. The van der Waals surface area contributed by atoms with Crippen LogP contribution in [0, 0.1) is 17.5 Å². The van der Waals surface area contributed by atoms with E-state index in [-0.39, 0.29) is 5.75 Å². The highest BCUT2D eigenvalue weighted by molar-refractivity contribution is 7.90. The number of nitrogens with zero attached hydrogens (tertiary/aromatic N) is 2. The van der Waals surface area contributed by atoms with Crippen LogP contribution in [0.15, 0.2) is 48.8 Å². The minimum atomic E-state index is -2.66. The minimum Gasteiger partial charge on any atom is -0.496 e. The number of pyridine rings is 2. The average Bonchev–Trinajstić information content (AvgIpc) is 2.62. The van der Waals surface area contributed by atoms with Gasteiger partial charge in [-0.2, -0.15) is 0 Å². The van der Waals surface area contributed by atoms with Gasteiger partial charge in [0.25, 0.3) is 0 Å². The fourth-order valence-electron chi connectivity index (χ4n) is 2.82. The molecule has 0 bridgehead atoms. The summed E-state index contributed by atoms with van der Waals surface area (Å²) in [6.45, 7) is 1.94. The van der Waals surface area contributed by atoms with Crippen LogP contribution in [0.5, 0.6) is 5.75 Å². The molecule has 28 heavy (non-hydrogen) atoms. The summed E-state index contributed by atoms with van der Waals surface area (Å²) in [5.41, 5.74) is 2.71. The second kappa shape index (κ2) is 7.93. The molecule has 0 aliphatic carbocycles. The predicted molar refractivity (Wildman–Crippen MR) is 109 cm³/mol. The van der Waals surface area contributed by atoms with Gasteiger partial charge in [0.1, 0.15) is 23.2 Å². The van der Waals surface area contributed by atoms with Gasteiger partial charge in [-0.25, -0.2) is 18.6 Å². The number of methoxy groups -OCH3 is 1. The van der Waals surface area contributed by atoms with Gasteiger partial charge in [0.05, 0.1) is 19.1 Å². The summed E-state index contributed by atoms with van der Waals surface area (Å²) in [4.78, 5) is 8.29. The topological polar surface area (TPSA) is 88.0 Å². The fraction of sp³-hybridized carbons (Fsp3) is 0.200. The first-order chi connectivity index (χ1) is 13.2. The highest BCUT2D eigenvalue weighted by Gasteiger charge is 2.13. The Labute approximate surface area is 163 Å². The lowest BCUT2D eigenvalue weighted by atomic mass is 10.0. The van der Waals surface area contributed by atoms with Gasteiger partial charge >= 0.3 is 0 Å². The summed E-state index contributed by atoms with van der Waals surface area (Å²) in [6, 6.07) is 10.5. The monoisotopic (exact) mass is 400 g/mol. The Morgan fingerprint density at radius 3 is 2.61 bits per heavy atom. The first kappa shape index (κ1) is 19.8. The highest BCUT2D eigenvalue weighted by Crippen LogP contribution is 2.33. The maximum absolute atomic E-state index is 14.4. The van der Waals surface area contributed by atoms with E-state index in [2.05, 4.69) is 15.3 Å². The van der Waals surface area contributed by atoms with Gasteiger partial charge in [-0.3, -0.25) is 4.78 Å². The lowest BCUT2D eigenvalue weighted by Gasteiger charge is -2.12. The van der Waals surface area contributed by atoms with E-state index >= 15 is 0 Å². The third kappa shape index (κ3) is 4.83. The van der Waals surface area contributed by atoms with Crippen LogP contribution in [0.3, 0.4) is 0 Å². The second-order valence-corrected chi connectivity index (χ2v) is 8.88. The molecule has 2 heterocycles. The van der Waals surface area contributed by atoms with Gasteiger partial charge in [0.2, 0.25) is 0 Å². The number of rotatable bonds is 6. The van der Waals surface area contributed by atoms with Crippen molar-refractivity contribution in [3.63, 3.8) is 0 Å². The van der Waals surface area contributed by atoms with E-state index in [4.69, 9.17) is 9.52 Å². The van der Waals surface area contributed by atoms with Crippen molar-refractivity contribution in [2.24, 2.45) is 0 Å². The first-order valence-corrected chi connectivity index (χ1v) is 10.6. The summed E-state index contributed by atoms with van der Waals surface area (Å²) in [7, 11) is -1.12. The summed E-state index contributed by atoms with van der Waals surface area (Å²) in [6.07, 6.45) is 4.10. The third-order valence-corrected chi connectivity index (χ3v) is 4.91. The molecule has 8 heteroatoms. The van der Waals surface area contributed by atoms with Crippen molar-refractivity contribution >= 4 is 21.4 Å². The highest BCUT2D eigenvalue weighted by atomic mass is 32.2. The molecule has 2 N–H and O–H groups in total. The minimum absolute atomic E-state index is 0.132. The van der Waals surface area contributed by atoms with Gasteiger partial charge in [-0.15, -0.1) is 0 Å². The molecule has 0 spiro atoms. The second-order valence-electron chi connectivity index (χ2n) is 6.58. The summed E-state index contributed by atoms with van der Waals surface area (Å²) in [5.74, 6) is 1.12. The molecule has 1 unspecified atom stereocenters. The molecule has 1 aromatic carbocycles. The number of anilines is 2. The Hall–Kier alpha value is -3.00. The molecule has 0 aliphatic rings. The molecule has 3 aromatic rings. The zero-order valence-corrected chi connectivity index (χ0v) is 16.6. The Kier molecular flexibility index (Phi) is 5.60. The van der Waals surface area contributed by atoms with E-state index in [1.165, 1.54) is 6.26 Å². The Morgan fingerprint density at radius 1 is 1.14 bits per heavy atom. The Balaban J connectivity index is 1.94. The quantitative estimate of drug-likeness (QED) is 0.635. The van der Waals surface area contributed by atoms with E-state index in [0.717, 1.165) is 17.3 Å². The van der Waals surface area contributed by atoms with Gasteiger partial charge in [0.15, 0.2) is 0 Å². The number of aromatic nitrogens is 2. The predicted octanol–water partition coefficient (Wildman–Crippen LogP) is 4.52. The maximum atomic E-state index is 14.4. The van der Waals surface area contributed by atoms with Crippen molar-refractivity contribution in [2.45, 2.75) is 12.7 Å². The molecular formula is C20H21FN4O2S. The van der Waals surface area contributed by atoms with Gasteiger partial charge < -0.3 is 10.1 Å². The van der Waals surface area contributed by atoms with Crippen LogP contribution in [-0.2, 0) is 15.5 Å². The number of nitrogens with one attached hydrogen (secondary N) is 2. The molecule has 0 fully saturated rings. The van der Waals surface area contributed by atoms with Gasteiger partial charge in [0, 0.05) is 33.3 Å². The average molecular weight is 400 g/mol. The summed E-state index contributed by atoms with van der Waals surface area (Å²) >= 11 is 0. The summed E-state index contributed by atoms with van der Waals surface area (Å²) in [5, 5.41) is 3.03. The Morgan fingerprint density at radius 2 is 1.89 bits per heavy atom. The zero-order valence-electron chi connectivity index (χ0n) is 15.8. The molecule has 146 valence electrons. The van der Waals surface area contributed by atoms with Crippen LogP contribution in [0.4, 0.5) is 16.0 Å². The van der Waals surface area contributed by atoms with Crippen LogP contribution in [-0.4, -0.2) is 27.5 Å². The molecule has 0 radical (unpaired) electrons. The number of ether oxygens (including phenoxy) is 1. The lowest BCUT2D eigenvalue weighted by molar-refractivity contribution is 0.416. The molecule has 2 aromatic heterocycles. The van der Waals surface area contributed by atoms with Crippen molar-refractivity contribution in [1.82, 2.24) is 9.97 Å². The van der Waals surface area contributed by atoms with E-state index in [9.17, 15) is 8.60 Å². The number of hydrogen-bond donors (Lipinski definition) is 2. The molecule has 0 saturated carbocycles. The zero-order chi connectivity index (χ0) is 20.3. The number of aryl methyl sites for hydroxylation is 1. The first-order valence-electron chi connectivity index (χ1n) is 8.49. The largest absolute Gasteiger partial charge is 0.496 e. The van der Waals surface area contributed by atoms with E-state index in [0.29, 0.717) is 28.5 Å². The van der Waals surface area contributed by atoms with E-state index < -0.39 is 15.5 Å².